The SMILES string of the molecule is CCCN(CC(=O)O)C(C)c1ccc(I)cc1. The third-order valence-electron chi connectivity index (χ3n) is 2.75. The average Bonchev–Trinajstić information content (AvgIpc) is 2.28. The van der Waals surface area contributed by atoms with Crippen molar-refractivity contribution in [1.82, 2.24) is 4.90 Å². The largest absolute Gasteiger partial charge is 0.480 e. The number of carboxylic acid groups (broad SMARTS) is 1. The molecule has 0 aromatic heterocycles. The van der Waals surface area contributed by atoms with Gasteiger partial charge in [-0.2, -0.15) is 0 Å². The van der Waals surface area contributed by atoms with Crippen molar-refractivity contribution in [3.63, 3.8) is 0 Å². The van der Waals surface area contributed by atoms with Crippen molar-refractivity contribution >= 4 is 28.6 Å². The van der Waals surface area contributed by atoms with Crippen molar-refractivity contribution < 1.29 is 9.90 Å². The molecule has 1 N–H and O–H groups in total. The number of aliphatic carboxylic acids is 1. The summed E-state index contributed by atoms with van der Waals surface area (Å²) in [5, 5.41) is 8.91. The zero-order valence-electron chi connectivity index (χ0n) is 10.2. The predicted molar refractivity (Wildman–Crippen MR) is 77.1 cm³/mol. The third kappa shape index (κ3) is 4.63. The van der Waals surface area contributed by atoms with Crippen molar-refractivity contribution in [3.8, 4) is 0 Å². The second-order valence-corrected chi connectivity index (χ2v) is 5.34. The molecule has 1 atom stereocenters. The molecule has 0 amide bonds. The smallest absolute Gasteiger partial charge is 0.317 e. The van der Waals surface area contributed by atoms with Gasteiger partial charge in [-0.25, -0.2) is 0 Å². The van der Waals surface area contributed by atoms with Crippen LogP contribution in [0.2, 0.25) is 0 Å². The van der Waals surface area contributed by atoms with Gasteiger partial charge in [0.25, 0.3) is 0 Å². The van der Waals surface area contributed by atoms with Gasteiger partial charge < -0.3 is 5.11 Å². The summed E-state index contributed by atoms with van der Waals surface area (Å²) >= 11 is 2.27. The maximum Gasteiger partial charge on any atom is 0.317 e. The fourth-order valence-corrected chi connectivity index (χ4v) is 2.18. The van der Waals surface area contributed by atoms with Crippen LogP contribution in [0, 0.1) is 3.57 Å². The van der Waals surface area contributed by atoms with Crippen LogP contribution in [0.1, 0.15) is 31.9 Å². The topological polar surface area (TPSA) is 40.5 Å². The summed E-state index contributed by atoms with van der Waals surface area (Å²) in [4.78, 5) is 12.8. The molecule has 0 saturated carbocycles. The van der Waals surface area contributed by atoms with E-state index in [1.54, 1.807) is 0 Å². The van der Waals surface area contributed by atoms with Crippen molar-refractivity contribution in [2.75, 3.05) is 13.1 Å². The molecule has 0 radical (unpaired) electrons. The standard InChI is InChI=1S/C13H18INO2/c1-3-8-15(9-13(16)17)10(2)11-4-6-12(14)7-5-11/h4-7,10H,3,8-9H2,1-2H3,(H,16,17). The molecule has 0 spiro atoms. The number of rotatable bonds is 6. The van der Waals surface area contributed by atoms with Crippen LogP contribution in [0.4, 0.5) is 0 Å². The van der Waals surface area contributed by atoms with Crippen molar-refractivity contribution in [2.45, 2.75) is 26.3 Å². The lowest BCUT2D eigenvalue weighted by molar-refractivity contribution is -0.138. The van der Waals surface area contributed by atoms with E-state index in [4.69, 9.17) is 5.11 Å². The van der Waals surface area contributed by atoms with Crippen LogP contribution in [0.15, 0.2) is 24.3 Å². The van der Waals surface area contributed by atoms with E-state index in [2.05, 4.69) is 60.7 Å². The van der Waals surface area contributed by atoms with Crippen LogP contribution < -0.4 is 0 Å². The van der Waals surface area contributed by atoms with E-state index in [1.165, 1.54) is 9.13 Å². The normalized spacial score (nSPS) is 12.7. The van der Waals surface area contributed by atoms with Crippen LogP contribution in [0.3, 0.4) is 0 Å². The zero-order valence-corrected chi connectivity index (χ0v) is 12.3. The van der Waals surface area contributed by atoms with E-state index in [1.807, 2.05) is 4.90 Å². The summed E-state index contributed by atoms with van der Waals surface area (Å²) in [6.07, 6.45) is 0.960. The summed E-state index contributed by atoms with van der Waals surface area (Å²) in [7, 11) is 0. The van der Waals surface area contributed by atoms with Gasteiger partial charge in [0.15, 0.2) is 0 Å². The molecule has 0 aliphatic rings. The van der Waals surface area contributed by atoms with E-state index < -0.39 is 5.97 Å². The van der Waals surface area contributed by atoms with Gasteiger partial charge >= 0.3 is 5.97 Å². The minimum absolute atomic E-state index is 0.0982. The van der Waals surface area contributed by atoms with Gasteiger partial charge in [0.1, 0.15) is 0 Å². The first kappa shape index (κ1) is 14.4. The van der Waals surface area contributed by atoms with Crippen LogP contribution in [-0.4, -0.2) is 29.1 Å². The number of halogens is 1. The monoisotopic (exact) mass is 347 g/mol. The van der Waals surface area contributed by atoms with E-state index in [9.17, 15) is 4.79 Å². The van der Waals surface area contributed by atoms with Gasteiger partial charge in [-0.05, 0) is 60.2 Å². The molecule has 17 heavy (non-hydrogen) atoms. The van der Waals surface area contributed by atoms with Crippen molar-refractivity contribution in [3.05, 3.63) is 33.4 Å². The maximum atomic E-state index is 10.8. The van der Waals surface area contributed by atoms with E-state index in [-0.39, 0.29) is 12.6 Å². The second-order valence-electron chi connectivity index (χ2n) is 4.09. The number of benzene rings is 1. The first-order valence-corrected chi connectivity index (χ1v) is 6.83. The minimum Gasteiger partial charge on any atom is -0.480 e. The average molecular weight is 347 g/mol. The van der Waals surface area contributed by atoms with Crippen LogP contribution in [0.5, 0.6) is 0 Å². The quantitative estimate of drug-likeness (QED) is 0.804. The molecule has 1 rings (SSSR count). The second kappa shape index (κ2) is 6.96. The Kier molecular flexibility index (Phi) is 5.91. The van der Waals surface area contributed by atoms with Crippen LogP contribution >= 0.6 is 22.6 Å². The summed E-state index contributed by atoms with van der Waals surface area (Å²) < 4.78 is 1.19. The van der Waals surface area contributed by atoms with Gasteiger partial charge in [0.2, 0.25) is 0 Å². The van der Waals surface area contributed by atoms with Crippen molar-refractivity contribution in [1.29, 1.82) is 0 Å². The van der Waals surface area contributed by atoms with Gasteiger partial charge in [-0.3, -0.25) is 9.69 Å². The highest BCUT2D eigenvalue weighted by Gasteiger charge is 2.17. The number of hydrogen-bond donors (Lipinski definition) is 1. The molecule has 0 aliphatic heterocycles. The highest BCUT2D eigenvalue weighted by molar-refractivity contribution is 14.1. The minimum atomic E-state index is -0.768. The lowest BCUT2D eigenvalue weighted by atomic mass is 10.1. The maximum absolute atomic E-state index is 10.8. The molecule has 94 valence electrons. The number of nitrogens with zero attached hydrogens (tertiary/aromatic N) is 1. The first-order chi connectivity index (χ1) is 8.04. The summed E-state index contributed by atoms with van der Waals surface area (Å²) in [6.45, 7) is 5.02. The number of carboxylic acids is 1. The van der Waals surface area contributed by atoms with Crippen molar-refractivity contribution in [2.24, 2.45) is 0 Å². The molecule has 0 aliphatic carbocycles. The molecular formula is C13H18INO2. The molecule has 1 aromatic rings. The molecule has 1 aromatic carbocycles. The van der Waals surface area contributed by atoms with Gasteiger partial charge in [0, 0.05) is 9.61 Å². The van der Waals surface area contributed by atoms with Gasteiger partial charge in [0.05, 0.1) is 6.54 Å². The Morgan fingerprint density at radius 1 is 1.41 bits per heavy atom. The number of carbonyl (C=O) groups is 1. The Balaban J connectivity index is 2.79. The highest BCUT2D eigenvalue weighted by Crippen LogP contribution is 2.21. The Morgan fingerprint density at radius 3 is 2.47 bits per heavy atom. The molecule has 1 unspecified atom stereocenters. The van der Waals surface area contributed by atoms with E-state index in [0.717, 1.165) is 13.0 Å². The lowest BCUT2D eigenvalue weighted by Gasteiger charge is -2.27. The fraction of sp³-hybridized carbons (Fsp3) is 0.462. The highest BCUT2D eigenvalue weighted by atomic mass is 127. The molecule has 0 heterocycles. The molecule has 0 saturated heterocycles. The molecule has 4 heteroatoms. The number of hydrogen-bond acceptors (Lipinski definition) is 2. The molecule has 0 fully saturated rings. The zero-order chi connectivity index (χ0) is 12.8. The predicted octanol–water partition coefficient (Wildman–Crippen LogP) is 3.15. The Hall–Kier alpha value is -0.620. The van der Waals surface area contributed by atoms with Crippen LogP contribution in [-0.2, 0) is 4.79 Å². The van der Waals surface area contributed by atoms with E-state index in [0.29, 0.717) is 0 Å². The molecular weight excluding hydrogens is 329 g/mol. The van der Waals surface area contributed by atoms with Gasteiger partial charge in [-0.15, -0.1) is 0 Å². The Morgan fingerprint density at radius 2 is 2.00 bits per heavy atom. The summed E-state index contributed by atoms with van der Waals surface area (Å²) in [5.41, 5.74) is 1.17. The van der Waals surface area contributed by atoms with Gasteiger partial charge in [-0.1, -0.05) is 19.1 Å². The Labute approximate surface area is 116 Å². The van der Waals surface area contributed by atoms with Crippen LogP contribution in [0.25, 0.3) is 0 Å². The summed E-state index contributed by atoms with van der Waals surface area (Å²) in [5.74, 6) is -0.768. The molecule has 3 nitrogen and oxygen atoms in total. The van der Waals surface area contributed by atoms with E-state index >= 15 is 0 Å². The third-order valence-corrected chi connectivity index (χ3v) is 3.47. The first-order valence-electron chi connectivity index (χ1n) is 5.76. The summed E-state index contributed by atoms with van der Waals surface area (Å²) in [6, 6.07) is 8.38. The lowest BCUT2D eigenvalue weighted by Crippen LogP contribution is -2.33. The fourth-order valence-electron chi connectivity index (χ4n) is 1.82. The Bertz CT molecular complexity index is 364. The molecule has 0 bridgehead atoms.